The number of nitrogens with zero attached hydrogens (tertiary/aromatic N) is 3. The van der Waals surface area contributed by atoms with Gasteiger partial charge in [-0.3, -0.25) is 4.79 Å². The third-order valence-corrected chi connectivity index (χ3v) is 4.08. The number of amides is 1. The summed E-state index contributed by atoms with van der Waals surface area (Å²) in [6, 6.07) is 11.9. The zero-order valence-corrected chi connectivity index (χ0v) is 14.7. The van der Waals surface area contributed by atoms with Gasteiger partial charge in [-0.1, -0.05) is 39.0 Å². The van der Waals surface area contributed by atoms with Gasteiger partial charge in [-0.15, -0.1) is 0 Å². The topological polar surface area (TPSA) is 75.6 Å². The van der Waals surface area contributed by atoms with Crippen molar-refractivity contribution in [3.8, 4) is 5.69 Å². The standard InChI is InChI=1S/C19H23N5O/c1-13(2)18-20-12-17(22-18)19(25)21-11-14(3)16-9-10-24(23-16)15-7-5-4-6-8-15/h4-10,12-14H,11H2,1-3H3,(H,20,22)(H,21,25). The fourth-order valence-corrected chi connectivity index (χ4v) is 2.52. The van der Waals surface area contributed by atoms with E-state index < -0.39 is 0 Å². The van der Waals surface area contributed by atoms with Crippen LogP contribution in [0, 0.1) is 0 Å². The van der Waals surface area contributed by atoms with E-state index in [-0.39, 0.29) is 17.7 Å². The molecule has 3 rings (SSSR count). The lowest BCUT2D eigenvalue weighted by Crippen LogP contribution is -2.28. The third-order valence-electron chi connectivity index (χ3n) is 4.08. The Morgan fingerprint density at radius 1 is 1.20 bits per heavy atom. The van der Waals surface area contributed by atoms with Crippen LogP contribution < -0.4 is 5.32 Å². The second kappa shape index (κ2) is 7.34. The number of aromatic amines is 1. The Balaban J connectivity index is 1.60. The van der Waals surface area contributed by atoms with Gasteiger partial charge in [-0.25, -0.2) is 9.67 Å². The zero-order chi connectivity index (χ0) is 17.8. The van der Waals surface area contributed by atoms with E-state index in [9.17, 15) is 4.79 Å². The van der Waals surface area contributed by atoms with Crippen LogP contribution >= 0.6 is 0 Å². The highest BCUT2D eigenvalue weighted by molar-refractivity contribution is 5.92. The normalized spacial score (nSPS) is 12.3. The maximum Gasteiger partial charge on any atom is 0.271 e. The Morgan fingerprint density at radius 2 is 1.96 bits per heavy atom. The van der Waals surface area contributed by atoms with Crippen LogP contribution in [0.15, 0.2) is 48.8 Å². The van der Waals surface area contributed by atoms with E-state index in [1.165, 1.54) is 0 Å². The number of carbonyl (C=O) groups excluding carboxylic acids is 1. The van der Waals surface area contributed by atoms with Crippen LogP contribution in [0.4, 0.5) is 0 Å². The van der Waals surface area contributed by atoms with Gasteiger partial charge in [0.2, 0.25) is 0 Å². The molecule has 1 aromatic carbocycles. The van der Waals surface area contributed by atoms with Gasteiger partial charge in [0.25, 0.3) is 5.91 Å². The lowest BCUT2D eigenvalue weighted by Gasteiger charge is -2.09. The average molecular weight is 337 g/mol. The Hall–Kier alpha value is -2.89. The molecule has 0 spiro atoms. The van der Waals surface area contributed by atoms with Gasteiger partial charge in [-0.2, -0.15) is 5.10 Å². The molecule has 0 aliphatic heterocycles. The second-order valence-electron chi connectivity index (χ2n) is 6.46. The first-order chi connectivity index (χ1) is 12.0. The van der Waals surface area contributed by atoms with Gasteiger partial charge in [0.15, 0.2) is 0 Å². The van der Waals surface area contributed by atoms with Crippen LogP contribution in [0.3, 0.4) is 0 Å². The molecule has 3 aromatic rings. The molecule has 0 aliphatic carbocycles. The summed E-state index contributed by atoms with van der Waals surface area (Å²) in [5.41, 5.74) is 2.38. The lowest BCUT2D eigenvalue weighted by molar-refractivity contribution is 0.0947. The van der Waals surface area contributed by atoms with Gasteiger partial charge in [0.1, 0.15) is 11.5 Å². The first kappa shape index (κ1) is 17.0. The maximum atomic E-state index is 12.2. The fraction of sp³-hybridized carbons (Fsp3) is 0.316. The number of H-pyrrole nitrogens is 1. The second-order valence-corrected chi connectivity index (χ2v) is 6.46. The van der Waals surface area contributed by atoms with Crippen molar-refractivity contribution >= 4 is 5.91 Å². The minimum Gasteiger partial charge on any atom is -0.350 e. The summed E-state index contributed by atoms with van der Waals surface area (Å²) in [5, 5.41) is 7.53. The number of carbonyl (C=O) groups is 1. The van der Waals surface area contributed by atoms with Crippen molar-refractivity contribution in [3.05, 3.63) is 66.0 Å². The summed E-state index contributed by atoms with van der Waals surface area (Å²) in [6.45, 7) is 6.62. The fourth-order valence-electron chi connectivity index (χ4n) is 2.52. The molecule has 1 amide bonds. The van der Waals surface area contributed by atoms with Gasteiger partial charge in [0, 0.05) is 30.8 Å². The van der Waals surface area contributed by atoms with Gasteiger partial charge < -0.3 is 10.3 Å². The van der Waals surface area contributed by atoms with E-state index in [0.717, 1.165) is 17.2 Å². The molecule has 0 aliphatic rings. The first-order valence-corrected chi connectivity index (χ1v) is 8.49. The van der Waals surface area contributed by atoms with Crippen molar-refractivity contribution in [2.24, 2.45) is 0 Å². The number of benzene rings is 1. The molecule has 0 radical (unpaired) electrons. The number of hydrogen-bond donors (Lipinski definition) is 2. The van der Waals surface area contributed by atoms with Crippen LogP contribution in [0.5, 0.6) is 0 Å². The van der Waals surface area contributed by atoms with Crippen molar-refractivity contribution in [3.63, 3.8) is 0 Å². The van der Waals surface area contributed by atoms with Gasteiger partial charge >= 0.3 is 0 Å². The Morgan fingerprint density at radius 3 is 2.64 bits per heavy atom. The quantitative estimate of drug-likeness (QED) is 0.725. The number of aromatic nitrogens is 4. The molecule has 2 heterocycles. The molecular weight excluding hydrogens is 314 g/mol. The van der Waals surface area contributed by atoms with Crippen LogP contribution in [0.2, 0.25) is 0 Å². The molecule has 6 heteroatoms. The average Bonchev–Trinajstić information content (AvgIpc) is 3.29. The number of nitrogens with one attached hydrogen (secondary N) is 2. The molecule has 0 saturated carbocycles. The predicted molar refractivity (Wildman–Crippen MR) is 97.0 cm³/mol. The van der Waals surface area contributed by atoms with E-state index in [0.29, 0.717) is 12.2 Å². The summed E-state index contributed by atoms with van der Waals surface area (Å²) >= 11 is 0. The van der Waals surface area contributed by atoms with E-state index in [1.807, 2.05) is 68.0 Å². The summed E-state index contributed by atoms with van der Waals surface area (Å²) in [4.78, 5) is 19.6. The van der Waals surface area contributed by atoms with Crippen molar-refractivity contribution in [1.29, 1.82) is 0 Å². The highest BCUT2D eigenvalue weighted by Gasteiger charge is 2.15. The van der Waals surface area contributed by atoms with Crippen LogP contribution in [0.25, 0.3) is 5.69 Å². The van der Waals surface area contributed by atoms with Gasteiger partial charge in [0.05, 0.1) is 11.4 Å². The zero-order valence-electron chi connectivity index (χ0n) is 14.7. The summed E-state index contributed by atoms with van der Waals surface area (Å²) in [6.07, 6.45) is 3.59. The Labute approximate surface area is 147 Å². The molecule has 2 N–H and O–H groups in total. The smallest absolute Gasteiger partial charge is 0.271 e. The molecule has 25 heavy (non-hydrogen) atoms. The molecule has 2 aromatic heterocycles. The molecule has 0 saturated heterocycles. The maximum absolute atomic E-state index is 12.2. The summed E-state index contributed by atoms with van der Waals surface area (Å²) in [7, 11) is 0. The van der Waals surface area contributed by atoms with E-state index >= 15 is 0 Å². The molecule has 1 unspecified atom stereocenters. The van der Waals surface area contributed by atoms with Crippen molar-refractivity contribution in [1.82, 2.24) is 25.1 Å². The van der Waals surface area contributed by atoms with Crippen LogP contribution in [-0.4, -0.2) is 32.2 Å². The Kier molecular flexibility index (Phi) is 4.97. The number of imidazole rings is 1. The number of para-hydroxylation sites is 1. The number of hydrogen-bond acceptors (Lipinski definition) is 3. The highest BCUT2D eigenvalue weighted by atomic mass is 16.1. The molecule has 6 nitrogen and oxygen atoms in total. The van der Waals surface area contributed by atoms with E-state index in [4.69, 9.17) is 0 Å². The largest absolute Gasteiger partial charge is 0.350 e. The summed E-state index contributed by atoms with van der Waals surface area (Å²) < 4.78 is 1.84. The minimum absolute atomic E-state index is 0.109. The van der Waals surface area contributed by atoms with Crippen molar-refractivity contribution in [2.75, 3.05) is 6.54 Å². The number of rotatable bonds is 6. The Bertz CT molecular complexity index is 834. The van der Waals surface area contributed by atoms with Crippen LogP contribution in [-0.2, 0) is 0 Å². The monoisotopic (exact) mass is 337 g/mol. The highest BCUT2D eigenvalue weighted by Crippen LogP contribution is 2.15. The third kappa shape index (κ3) is 3.96. The molecule has 0 bridgehead atoms. The van der Waals surface area contributed by atoms with Crippen molar-refractivity contribution < 1.29 is 4.79 Å². The van der Waals surface area contributed by atoms with Crippen molar-refractivity contribution in [2.45, 2.75) is 32.6 Å². The molecule has 0 fully saturated rings. The summed E-state index contributed by atoms with van der Waals surface area (Å²) in [5.74, 6) is 1.03. The molecule has 130 valence electrons. The van der Waals surface area contributed by atoms with Gasteiger partial charge in [-0.05, 0) is 18.2 Å². The molecule has 1 atom stereocenters. The van der Waals surface area contributed by atoms with E-state index in [2.05, 4.69) is 20.4 Å². The van der Waals surface area contributed by atoms with E-state index in [1.54, 1.807) is 6.20 Å². The lowest BCUT2D eigenvalue weighted by atomic mass is 10.1. The first-order valence-electron chi connectivity index (χ1n) is 8.49. The van der Waals surface area contributed by atoms with Crippen LogP contribution in [0.1, 0.15) is 54.6 Å². The molecular formula is C19H23N5O. The minimum atomic E-state index is -0.169. The SMILES string of the molecule is CC(C)c1nc(C(=O)NCC(C)c2ccn(-c3ccccc3)n2)c[nH]1. The predicted octanol–water partition coefficient (Wildman–Crippen LogP) is 3.25.